The molecular formula is C16H20N6O. The molecule has 120 valence electrons. The van der Waals surface area contributed by atoms with Crippen molar-refractivity contribution in [1.29, 1.82) is 0 Å². The summed E-state index contributed by atoms with van der Waals surface area (Å²) in [5.74, 6) is 1.54. The lowest BCUT2D eigenvalue weighted by atomic mass is 10.2. The first kappa shape index (κ1) is 15.2. The molecule has 0 bridgehead atoms. The Morgan fingerprint density at radius 1 is 1.30 bits per heavy atom. The molecular weight excluding hydrogens is 292 g/mol. The summed E-state index contributed by atoms with van der Waals surface area (Å²) in [4.78, 5) is 7.34. The normalized spacial score (nSPS) is 11.1. The molecule has 0 aliphatic rings. The van der Waals surface area contributed by atoms with Gasteiger partial charge in [-0.1, -0.05) is 12.1 Å². The quantitative estimate of drug-likeness (QED) is 0.756. The predicted molar refractivity (Wildman–Crippen MR) is 86.2 cm³/mol. The number of nitrogens with zero attached hydrogens (tertiary/aromatic N) is 5. The van der Waals surface area contributed by atoms with Gasteiger partial charge in [0.05, 0.1) is 24.7 Å². The van der Waals surface area contributed by atoms with Crippen molar-refractivity contribution in [2.45, 2.75) is 33.2 Å². The van der Waals surface area contributed by atoms with Gasteiger partial charge in [0.2, 0.25) is 0 Å². The molecule has 2 heterocycles. The highest BCUT2D eigenvalue weighted by atomic mass is 16.5. The number of aromatic amines is 1. The van der Waals surface area contributed by atoms with Crippen molar-refractivity contribution in [3.05, 3.63) is 42.0 Å². The molecule has 0 atom stereocenters. The molecule has 0 spiro atoms. The summed E-state index contributed by atoms with van der Waals surface area (Å²) in [6, 6.07) is 8.03. The van der Waals surface area contributed by atoms with E-state index in [0.717, 1.165) is 34.9 Å². The van der Waals surface area contributed by atoms with Crippen LogP contribution in [0, 0.1) is 6.92 Å². The van der Waals surface area contributed by atoms with Gasteiger partial charge in [0.1, 0.15) is 5.75 Å². The number of imidazole rings is 1. The zero-order valence-corrected chi connectivity index (χ0v) is 13.5. The highest BCUT2D eigenvalue weighted by Crippen LogP contribution is 2.23. The predicted octanol–water partition coefficient (Wildman–Crippen LogP) is 2.57. The van der Waals surface area contributed by atoms with E-state index in [-0.39, 0.29) is 6.04 Å². The Labute approximate surface area is 134 Å². The highest BCUT2D eigenvalue weighted by molar-refractivity contribution is 5.57. The maximum absolute atomic E-state index is 5.84. The van der Waals surface area contributed by atoms with E-state index < -0.39 is 0 Å². The van der Waals surface area contributed by atoms with Gasteiger partial charge in [-0.05, 0) is 43.3 Å². The number of aryl methyl sites for hydroxylation is 1. The molecule has 0 aliphatic carbocycles. The maximum atomic E-state index is 5.84. The molecule has 0 radical (unpaired) electrons. The Balaban J connectivity index is 1.70. The number of hydrogen-bond donors (Lipinski definition) is 1. The topological polar surface area (TPSA) is 81.5 Å². The summed E-state index contributed by atoms with van der Waals surface area (Å²) in [7, 11) is 0. The van der Waals surface area contributed by atoms with E-state index in [4.69, 9.17) is 4.74 Å². The lowest BCUT2D eigenvalue weighted by molar-refractivity contribution is 0.320. The molecule has 2 aromatic heterocycles. The summed E-state index contributed by atoms with van der Waals surface area (Å²) in [6.45, 7) is 6.68. The van der Waals surface area contributed by atoms with Crippen molar-refractivity contribution in [1.82, 2.24) is 30.2 Å². The largest absolute Gasteiger partial charge is 0.493 e. The van der Waals surface area contributed by atoms with Crippen LogP contribution in [0.1, 0.15) is 31.3 Å². The molecule has 1 N–H and O–H groups in total. The number of rotatable bonds is 6. The summed E-state index contributed by atoms with van der Waals surface area (Å²) >= 11 is 0. The molecule has 0 fully saturated rings. The van der Waals surface area contributed by atoms with Crippen LogP contribution in [0.4, 0.5) is 0 Å². The molecule has 3 rings (SSSR count). The van der Waals surface area contributed by atoms with Gasteiger partial charge in [0.25, 0.3) is 0 Å². The van der Waals surface area contributed by atoms with Crippen LogP contribution < -0.4 is 4.74 Å². The third-order valence-electron chi connectivity index (χ3n) is 3.62. The first-order chi connectivity index (χ1) is 11.1. The molecule has 0 saturated carbocycles. The standard InChI is InChI=1S/C16H20N6O/c1-11(2)22-16(19-20-21-22)13-5-4-6-14(9-13)23-8-7-15-12(3)17-10-18-15/h4-6,9-11H,7-8H2,1-3H3,(H,17,18). The Morgan fingerprint density at radius 2 is 2.17 bits per heavy atom. The number of ether oxygens (including phenoxy) is 1. The van der Waals surface area contributed by atoms with Crippen LogP contribution in [-0.2, 0) is 6.42 Å². The van der Waals surface area contributed by atoms with Crippen LogP contribution in [0.3, 0.4) is 0 Å². The van der Waals surface area contributed by atoms with Gasteiger partial charge in [-0.15, -0.1) is 5.10 Å². The monoisotopic (exact) mass is 312 g/mol. The highest BCUT2D eigenvalue weighted by Gasteiger charge is 2.12. The summed E-state index contributed by atoms with van der Waals surface area (Å²) in [5, 5.41) is 11.9. The van der Waals surface area contributed by atoms with Gasteiger partial charge >= 0.3 is 0 Å². The molecule has 0 unspecified atom stereocenters. The average Bonchev–Trinajstić information content (AvgIpc) is 3.17. The lowest BCUT2D eigenvalue weighted by Crippen LogP contribution is -2.06. The van der Waals surface area contributed by atoms with Gasteiger partial charge in [-0.25, -0.2) is 9.67 Å². The van der Waals surface area contributed by atoms with Crippen molar-refractivity contribution < 1.29 is 4.74 Å². The molecule has 0 amide bonds. The lowest BCUT2D eigenvalue weighted by Gasteiger charge is -2.10. The van der Waals surface area contributed by atoms with Gasteiger partial charge in [0.15, 0.2) is 5.82 Å². The van der Waals surface area contributed by atoms with Gasteiger partial charge in [-0.2, -0.15) is 0 Å². The minimum atomic E-state index is 0.201. The van der Waals surface area contributed by atoms with Gasteiger partial charge < -0.3 is 9.72 Å². The summed E-state index contributed by atoms with van der Waals surface area (Å²) < 4.78 is 7.64. The fourth-order valence-electron chi connectivity index (χ4n) is 2.36. The average molecular weight is 312 g/mol. The van der Waals surface area contributed by atoms with Crippen LogP contribution in [0.5, 0.6) is 5.75 Å². The molecule has 0 aliphatic heterocycles. The minimum Gasteiger partial charge on any atom is -0.493 e. The second kappa shape index (κ2) is 6.60. The smallest absolute Gasteiger partial charge is 0.182 e. The number of hydrogen-bond acceptors (Lipinski definition) is 5. The van der Waals surface area contributed by atoms with Gasteiger partial charge in [0, 0.05) is 17.7 Å². The fourth-order valence-corrected chi connectivity index (χ4v) is 2.36. The fraction of sp³-hybridized carbons (Fsp3) is 0.375. The van der Waals surface area contributed by atoms with Crippen LogP contribution in [0.2, 0.25) is 0 Å². The second-order valence-electron chi connectivity index (χ2n) is 5.64. The Morgan fingerprint density at radius 3 is 2.91 bits per heavy atom. The third-order valence-corrected chi connectivity index (χ3v) is 3.62. The van der Waals surface area contributed by atoms with E-state index in [0.29, 0.717) is 6.61 Å². The van der Waals surface area contributed by atoms with E-state index in [1.54, 1.807) is 11.0 Å². The number of H-pyrrole nitrogens is 1. The molecule has 23 heavy (non-hydrogen) atoms. The molecule has 0 saturated heterocycles. The zero-order chi connectivity index (χ0) is 16.2. The Hall–Kier alpha value is -2.70. The van der Waals surface area contributed by atoms with Crippen LogP contribution in [0.25, 0.3) is 11.4 Å². The Kier molecular flexibility index (Phi) is 4.36. The summed E-state index contributed by atoms with van der Waals surface area (Å²) in [6.07, 6.45) is 2.47. The number of aromatic nitrogens is 6. The van der Waals surface area contributed by atoms with Crippen LogP contribution >= 0.6 is 0 Å². The summed E-state index contributed by atoms with van der Waals surface area (Å²) in [5.41, 5.74) is 3.06. The van der Waals surface area contributed by atoms with Crippen molar-refractivity contribution in [2.24, 2.45) is 0 Å². The minimum absolute atomic E-state index is 0.201. The van der Waals surface area contributed by atoms with E-state index >= 15 is 0 Å². The SMILES string of the molecule is Cc1[nH]cnc1CCOc1cccc(-c2nnnn2C(C)C)c1. The molecule has 1 aromatic carbocycles. The van der Waals surface area contributed by atoms with E-state index in [9.17, 15) is 0 Å². The van der Waals surface area contributed by atoms with Crippen molar-refractivity contribution in [3.63, 3.8) is 0 Å². The second-order valence-corrected chi connectivity index (χ2v) is 5.64. The van der Waals surface area contributed by atoms with E-state index in [2.05, 4.69) is 25.5 Å². The van der Waals surface area contributed by atoms with Crippen LogP contribution in [-0.4, -0.2) is 36.8 Å². The number of nitrogens with one attached hydrogen (secondary N) is 1. The number of tetrazole rings is 1. The molecule has 7 nitrogen and oxygen atoms in total. The van der Waals surface area contributed by atoms with Crippen LogP contribution in [0.15, 0.2) is 30.6 Å². The zero-order valence-electron chi connectivity index (χ0n) is 13.5. The maximum Gasteiger partial charge on any atom is 0.182 e. The van der Waals surface area contributed by atoms with Crippen molar-refractivity contribution >= 4 is 0 Å². The van der Waals surface area contributed by atoms with Crippen molar-refractivity contribution in [2.75, 3.05) is 6.61 Å². The Bertz CT molecular complexity index is 776. The van der Waals surface area contributed by atoms with Gasteiger partial charge in [-0.3, -0.25) is 0 Å². The first-order valence-corrected chi connectivity index (χ1v) is 7.65. The molecule has 7 heteroatoms. The third kappa shape index (κ3) is 3.39. The van der Waals surface area contributed by atoms with Crippen molar-refractivity contribution in [3.8, 4) is 17.1 Å². The van der Waals surface area contributed by atoms with E-state index in [1.807, 2.05) is 45.0 Å². The number of benzene rings is 1. The first-order valence-electron chi connectivity index (χ1n) is 7.65. The van der Waals surface area contributed by atoms with E-state index in [1.165, 1.54) is 0 Å². The molecule has 3 aromatic rings.